The third kappa shape index (κ3) is 5.72. The molecule has 3 aromatic carbocycles. The Morgan fingerprint density at radius 2 is 1.23 bits per heavy atom. The molecule has 3 aromatic rings. The van der Waals surface area contributed by atoms with Crippen LogP contribution in [-0.2, 0) is 19.1 Å². The zero-order valence-corrected chi connectivity index (χ0v) is 25.0. The molecule has 4 saturated carbocycles. The van der Waals surface area contributed by atoms with E-state index >= 15 is 0 Å². The van der Waals surface area contributed by atoms with Gasteiger partial charge in [-0.3, -0.25) is 4.79 Å². The summed E-state index contributed by atoms with van der Waals surface area (Å²) < 4.78 is 86.0. The molecule has 12 heteroatoms. The molecule has 0 spiro atoms. The van der Waals surface area contributed by atoms with Gasteiger partial charge in [0.25, 0.3) is 0 Å². The standard InChI is InChI=1S/C35H30F5NO6/c36-27-28(37)30(39)32(31(40)29(27)38)46-33(43)25(12-26(42)47-35-13-17-9-18(14-35)11-19(10-17)15-35)41-34(44)45-16-24-22-7-3-1-5-20(22)21-6-2-4-8-23(21)24/h1-8,17-19,24-25H,9-16H2,(H,41,44)/t17?,18?,19?,25-,35?/m0/s1. The predicted molar refractivity (Wildman–Crippen MR) is 155 cm³/mol. The van der Waals surface area contributed by atoms with E-state index in [-0.39, 0.29) is 12.5 Å². The van der Waals surface area contributed by atoms with Gasteiger partial charge in [0.2, 0.25) is 34.8 Å². The number of fused-ring (bicyclic) bond motifs is 3. The van der Waals surface area contributed by atoms with Crippen molar-refractivity contribution in [2.45, 2.75) is 62.5 Å². The summed E-state index contributed by atoms with van der Waals surface area (Å²) in [6, 6.07) is 13.2. The largest absolute Gasteiger partial charge is 0.459 e. The van der Waals surface area contributed by atoms with Crippen LogP contribution in [0.25, 0.3) is 11.1 Å². The highest BCUT2D eigenvalue weighted by Gasteiger charge is 2.53. The molecule has 7 nitrogen and oxygen atoms in total. The molecular formula is C35H30F5NO6. The number of hydrogen-bond donors (Lipinski definition) is 1. The fraction of sp³-hybridized carbons (Fsp3) is 0.400. The van der Waals surface area contributed by atoms with E-state index in [0.29, 0.717) is 37.0 Å². The fourth-order valence-corrected chi connectivity index (χ4v) is 8.43. The molecule has 0 aromatic heterocycles. The molecule has 0 saturated heterocycles. The number of esters is 2. The summed E-state index contributed by atoms with van der Waals surface area (Å²) in [5.41, 5.74) is 3.03. The number of carbonyl (C=O) groups excluding carboxylic acids is 3. The number of amides is 1. The van der Waals surface area contributed by atoms with E-state index in [1.807, 2.05) is 48.5 Å². The lowest BCUT2D eigenvalue weighted by Gasteiger charge is -2.55. The van der Waals surface area contributed by atoms with E-state index in [2.05, 4.69) is 10.1 Å². The second-order valence-corrected chi connectivity index (χ2v) is 13.1. The SMILES string of the molecule is O=C(C[C@H](NC(=O)OCC1c2ccccc2-c2ccccc21)C(=O)Oc1c(F)c(F)c(F)c(F)c1F)OC12CC3CC(CC(C3)C1)C2. The molecule has 1 atom stereocenters. The van der Waals surface area contributed by atoms with Crippen molar-refractivity contribution in [3.05, 3.63) is 88.7 Å². The average Bonchev–Trinajstić information content (AvgIpc) is 3.36. The van der Waals surface area contributed by atoms with Gasteiger partial charge in [0.1, 0.15) is 18.2 Å². The smallest absolute Gasteiger partial charge is 0.407 e. The third-order valence-corrected chi connectivity index (χ3v) is 9.98. The molecule has 0 unspecified atom stereocenters. The second-order valence-electron chi connectivity index (χ2n) is 13.1. The molecule has 5 aliphatic rings. The van der Waals surface area contributed by atoms with Crippen LogP contribution in [-0.4, -0.2) is 36.3 Å². The maximum Gasteiger partial charge on any atom is 0.407 e. The number of carbonyl (C=O) groups is 3. The Kier molecular flexibility index (Phi) is 7.92. The Hall–Kier alpha value is -4.48. The van der Waals surface area contributed by atoms with Crippen molar-refractivity contribution in [3.8, 4) is 16.9 Å². The number of alkyl carbamates (subject to hydrolysis) is 1. The lowest BCUT2D eigenvalue weighted by molar-refractivity contribution is -0.187. The minimum Gasteiger partial charge on any atom is -0.459 e. The first-order valence-corrected chi connectivity index (χ1v) is 15.6. The molecule has 1 amide bonds. The molecule has 8 rings (SSSR count). The molecule has 0 heterocycles. The summed E-state index contributed by atoms with van der Waals surface area (Å²) >= 11 is 0. The number of benzene rings is 3. The van der Waals surface area contributed by atoms with Gasteiger partial charge < -0.3 is 19.5 Å². The number of hydrogen-bond acceptors (Lipinski definition) is 6. The minimum atomic E-state index is -2.44. The van der Waals surface area contributed by atoms with E-state index in [4.69, 9.17) is 9.47 Å². The van der Waals surface area contributed by atoms with E-state index in [1.165, 1.54) is 0 Å². The second kappa shape index (κ2) is 12.0. The van der Waals surface area contributed by atoms with Crippen LogP contribution in [0.3, 0.4) is 0 Å². The normalized spacial score (nSPS) is 24.3. The maximum absolute atomic E-state index is 14.4. The van der Waals surface area contributed by atoms with Gasteiger partial charge in [0.15, 0.2) is 0 Å². The Balaban J connectivity index is 1.09. The summed E-state index contributed by atoms with van der Waals surface area (Å²) in [7, 11) is 0. The zero-order valence-electron chi connectivity index (χ0n) is 25.0. The Bertz CT molecular complexity index is 1670. The van der Waals surface area contributed by atoms with Gasteiger partial charge in [-0.05, 0) is 78.5 Å². The molecule has 0 radical (unpaired) electrons. The number of nitrogens with one attached hydrogen (secondary N) is 1. The van der Waals surface area contributed by atoms with Gasteiger partial charge >= 0.3 is 18.0 Å². The van der Waals surface area contributed by atoms with Crippen LogP contribution in [0.15, 0.2) is 48.5 Å². The first kappa shape index (κ1) is 31.1. The summed E-state index contributed by atoms with van der Waals surface area (Å²) in [6.45, 7) is -0.170. The first-order valence-electron chi connectivity index (χ1n) is 15.6. The van der Waals surface area contributed by atoms with Gasteiger partial charge in [-0.15, -0.1) is 0 Å². The van der Waals surface area contributed by atoms with E-state index in [1.54, 1.807) is 0 Å². The van der Waals surface area contributed by atoms with Crippen molar-refractivity contribution in [3.63, 3.8) is 0 Å². The molecule has 5 aliphatic carbocycles. The molecule has 1 N–H and O–H groups in total. The average molecular weight is 656 g/mol. The molecule has 47 heavy (non-hydrogen) atoms. The van der Waals surface area contributed by atoms with Crippen LogP contribution in [0, 0.1) is 46.8 Å². The van der Waals surface area contributed by atoms with Crippen LogP contribution in [0.1, 0.15) is 62.0 Å². The topological polar surface area (TPSA) is 90.9 Å². The summed E-state index contributed by atoms with van der Waals surface area (Å²) in [5.74, 6) is -15.3. The van der Waals surface area contributed by atoms with Crippen LogP contribution in [0.2, 0.25) is 0 Å². The maximum atomic E-state index is 14.4. The van der Waals surface area contributed by atoms with Crippen LogP contribution in [0.4, 0.5) is 26.7 Å². The van der Waals surface area contributed by atoms with Gasteiger partial charge in [0.05, 0.1) is 6.42 Å². The number of ether oxygens (including phenoxy) is 3. The van der Waals surface area contributed by atoms with E-state index in [0.717, 1.165) is 41.5 Å². The van der Waals surface area contributed by atoms with Gasteiger partial charge in [-0.1, -0.05) is 48.5 Å². The van der Waals surface area contributed by atoms with Gasteiger partial charge in [0, 0.05) is 5.92 Å². The summed E-state index contributed by atoms with van der Waals surface area (Å²) in [4.78, 5) is 39.5. The highest BCUT2D eigenvalue weighted by molar-refractivity contribution is 5.87. The first-order chi connectivity index (χ1) is 22.5. The highest BCUT2D eigenvalue weighted by atomic mass is 19.2. The number of rotatable bonds is 8. The van der Waals surface area contributed by atoms with Crippen molar-refractivity contribution in [2.75, 3.05) is 6.61 Å². The van der Waals surface area contributed by atoms with Gasteiger partial charge in [-0.2, -0.15) is 8.78 Å². The van der Waals surface area contributed by atoms with Crippen LogP contribution < -0.4 is 10.1 Å². The quantitative estimate of drug-likeness (QED) is 0.0916. The summed E-state index contributed by atoms with van der Waals surface area (Å²) in [6.07, 6.45) is 3.21. The molecule has 0 aliphatic heterocycles. The Morgan fingerprint density at radius 3 is 1.77 bits per heavy atom. The fourth-order valence-electron chi connectivity index (χ4n) is 8.43. The minimum absolute atomic E-state index is 0.170. The van der Waals surface area contributed by atoms with E-state index < -0.39 is 70.9 Å². The Labute approximate surface area is 266 Å². The van der Waals surface area contributed by atoms with Crippen molar-refractivity contribution in [2.24, 2.45) is 17.8 Å². The summed E-state index contributed by atoms with van der Waals surface area (Å²) in [5, 5.41) is 2.18. The van der Waals surface area contributed by atoms with Crippen molar-refractivity contribution in [1.29, 1.82) is 0 Å². The highest BCUT2D eigenvalue weighted by Crippen LogP contribution is 2.57. The van der Waals surface area contributed by atoms with Crippen molar-refractivity contribution < 1.29 is 50.5 Å². The zero-order chi connectivity index (χ0) is 33.0. The molecule has 4 bridgehead atoms. The predicted octanol–water partition coefficient (Wildman–Crippen LogP) is 7.10. The third-order valence-electron chi connectivity index (χ3n) is 9.98. The lowest BCUT2D eigenvalue weighted by Crippen LogP contribution is -2.53. The monoisotopic (exact) mass is 655 g/mol. The molecule has 4 fully saturated rings. The van der Waals surface area contributed by atoms with Crippen LogP contribution >= 0.6 is 0 Å². The van der Waals surface area contributed by atoms with E-state index in [9.17, 15) is 36.3 Å². The van der Waals surface area contributed by atoms with Crippen molar-refractivity contribution >= 4 is 18.0 Å². The lowest BCUT2D eigenvalue weighted by atomic mass is 9.54. The van der Waals surface area contributed by atoms with Crippen LogP contribution in [0.5, 0.6) is 5.75 Å². The molecular weight excluding hydrogens is 625 g/mol. The Morgan fingerprint density at radius 1 is 0.745 bits per heavy atom. The van der Waals surface area contributed by atoms with Crippen molar-refractivity contribution in [1.82, 2.24) is 5.32 Å². The molecule has 246 valence electrons. The number of halogens is 5. The van der Waals surface area contributed by atoms with Gasteiger partial charge in [-0.25, -0.2) is 22.8 Å².